The summed E-state index contributed by atoms with van der Waals surface area (Å²) in [5.41, 5.74) is 3.45. The van der Waals surface area contributed by atoms with Crippen molar-refractivity contribution >= 4 is 29.0 Å². The number of aromatic nitrogens is 4. The van der Waals surface area contributed by atoms with Crippen LogP contribution in [0.3, 0.4) is 0 Å². The summed E-state index contributed by atoms with van der Waals surface area (Å²) in [5.74, 6) is 1.69. The number of nitrogens with zero attached hydrogens (tertiary/aromatic N) is 5. The molecule has 0 bridgehead atoms. The maximum Gasteiger partial charge on any atom is 0.232 e. The zero-order valence-electron chi connectivity index (χ0n) is 16.3. The van der Waals surface area contributed by atoms with Crippen molar-refractivity contribution in [3.05, 3.63) is 45.9 Å². The van der Waals surface area contributed by atoms with Crippen LogP contribution in [0.5, 0.6) is 0 Å². The average Bonchev–Trinajstić information content (AvgIpc) is 3.34. The number of hydrogen-bond acceptors (Lipinski definition) is 7. The van der Waals surface area contributed by atoms with E-state index in [1.165, 1.54) is 10.6 Å². The zero-order valence-corrected chi connectivity index (χ0v) is 17.9. The van der Waals surface area contributed by atoms with E-state index < -0.39 is 0 Å². The van der Waals surface area contributed by atoms with Gasteiger partial charge in [-0.25, -0.2) is 4.98 Å². The predicted molar refractivity (Wildman–Crippen MR) is 115 cm³/mol. The molecule has 0 amide bonds. The Morgan fingerprint density at radius 3 is 2.79 bits per heavy atom. The molecular formula is C20H25N5OS2. The largest absolute Gasteiger partial charge is 0.378 e. The van der Waals surface area contributed by atoms with Crippen molar-refractivity contribution in [2.24, 2.45) is 0 Å². The van der Waals surface area contributed by atoms with Crippen LogP contribution in [-0.4, -0.2) is 46.1 Å². The van der Waals surface area contributed by atoms with Gasteiger partial charge in [0.25, 0.3) is 0 Å². The molecule has 0 aliphatic carbocycles. The van der Waals surface area contributed by atoms with Gasteiger partial charge in [-0.2, -0.15) is 0 Å². The number of morpholine rings is 1. The maximum absolute atomic E-state index is 5.51. The number of benzene rings is 1. The minimum absolute atomic E-state index is 0.724. The van der Waals surface area contributed by atoms with Crippen LogP contribution in [0.2, 0.25) is 0 Å². The third kappa shape index (κ3) is 4.24. The molecule has 6 nitrogen and oxygen atoms in total. The molecule has 148 valence electrons. The minimum atomic E-state index is 0.724. The summed E-state index contributed by atoms with van der Waals surface area (Å²) in [5, 5.41) is 13.4. The van der Waals surface area contributed by atoms with Gasteiger partial charge in [0, 0.05) is 24.2 Å². The lowest BCUT2D eigenvalue weighted by molar-refractivity contribution is 0.122. The van der Waals surface area contributed by atoms with Crippen molar-refractivity contribution in [2.45, 2.75) is 37.6 Å². The van der Waals surface area contributed by atoms with Gasteiger partial charge >= 0.3 is 0 Å². The lowest BCUT2D eigenvalue weighted by atomic mass is 10.2. The van der Waals surface area contributed by atoms with Gasteiger partial charge in [-0.1, -0.05) is 36.9 Å². The number of anilines is 1. The highest BCUT2D eigenvalue weighted by Gasteiger charge is 2.22. The van der Waals surface area contributed by atoms with E-state index in [2.05, 4.69) is 63.2 Å². The number of thiazole rings is 1. The summed E-state index contributed by atoms with van der Waals surface area (Å²) in [6.45, 7) is 7.44. The Bertz CT molecular complexity index is 917. The third-order valence-electron chi connectivity index (χ3n) is 4.68. The average molecular weight is 416 g/mol. The SMILES string of the molecule is CCCc1nc(CSc2nnc(N3CCOCC3)n2-c2ccccc2C)cs1. The molecule has 1 saturated heterocycles. The van der Waals surface area contributed by atoms with Gasteiger partial charge < -0.3 is 9.64 Å². The number of rotatable bonds is 7. The Morgan fingerprint density at radius 1 is 1.18 bits per heavy atom. The predicted octanol–water partition coefficient (Wildman–Crippen LogP) is 4.11. The van der Waals surface area contributed by atoms with E-state index in [4.69, 9.17) is 9.72 Å². The summed E-state index contributed by atoms with van der Waals surface area (Å²) < 4.78 is 7.70. The standard InChI is InChI=1S/C20H25N5OS2/c1-3-6-18-21-16(13-27-18)14-28-20-23-22-19(24-9-11-26-12-10-24)25(20)17-8-5-4-7-15(17)2/h4-5,7-8,13H,3,6,9-12,14H2,1-2H3. The molecule has 0 atom stereocenters. The van der Waals surface area contributed by atoms with Crippen molar-refractivity contribution in [2.75, 3.05) is 31.2 Å². The molecule has 1 fully saturated rings. The molecule has 4 rings (SSSR count). The Kier molecular flexibility index (Phi) is 6.29. The summed E-state index contributed by atoms with van der Waals surface area (Å²) in [4.78, 5) is 7.00. The van der Waals surface area contributed by atoms with Crippen LogP contribution < -0.4 is 4.90 Å². The lowest BCUT2D eigenvalue weighted by Crippen LogP contribution is -2.38. The number of hydrogen-bond donors (Lipinski definition) is 0. The van der Waals surface area contributed by atoms with Crippen molar-refractivity contribution in [3.63, 3.8) is 0 Å². The quantitative estimate of drug-likeness (QED) is 0.541. The van der Waals surface area contributed by atoms with Crippen LogP contribution in [0.1, 0.15) is 29.6 Å². The first-order valence-corrected chi connectivity index (χ1v) is 11.5. The van der Waals surface area contributed by atoms with Crippen LogP contribution in [0.15, 0.2) is 34.8 Å². The molecule has 28 heavy (non-hydrogen) atoms. The number of para-hydroxylation sites is 1. The van der Waals surface area contributed by atoms with Gasteiger partial charge in [-0.3, -0.25) is 4.57 Å². The monoisotopic (exact) mass is 415 g/mol. The van der Waals surface area contributed by atoms with Crippen molar-refractivity contribution in [3.8, 4) is 5.69 Å². The molecule has 3 heterocycles. The van der Waals surface area contributed by atoms with Crippen molar-refractivity contribution < 1.29 is 4.74 Å². The fourth-order valence-electron chi connectivity index (χ4n) is 3.23. The fraction of sp³-hybridized carbons (Fsp3) is 0.450. The second kappa shape index (κ2) is 9.07. The Morgan fingerprint density at radius 2 is 2.00 bits per heavy atom. The Hall–Kier alpha value is -1.90. The molecule has 1 aliphatic heterocycles. The van der Waals surface area contributed by atoms with Crippen LogP contribution in [0.25, 0.3) is 5.69 Å². The molecule has 0 saturated carbocycles. The van der Waals surface area contributed by atoms with Crippen molar-refractivity contribution in [1.82, 2.24) is 19.7 Å². The first-order valence-electron chi connectivity index (χ1n) is 9.66. The minimum Gasteiger partial charge on any atom is -0.378 e. The molecule has 2 aromatic heterocycles. The summed E-state index contributed by atoms with van der Waals surface area (Å²) >= 11 is 3.45. The number of thioether (sulfide) groups is 1. The van der Waals surface area contributed by atoms with Gasteiger partial charge in [0.05, 0.1) is 29.6 Å². The van der Waals surface area contributed by atoms with Gasteiger partial charge in [0.15, 0.2) is 5.16 Å². The summed E-state index contributed by atoms with van der Waals surface area (Å²) in [6, 6.07) is 8.39. The van der Waals surface area contributed by atoms with Gasteiger partial charge in [-0.15, -0.1) is 21.5 Å². The molecule has 0 unspecified atom stereocenters. The number of aryl methyl sites for hydroxylation is 2. The van der Waals surface area contributed by atoms with E-state index in [-0.39, 0.29) is 0 Å². The molecule has 8 heteroatoms. The summed E-state index contributed by atoms with van der Waals surface area (Å²) in [7, 11) is 0. The highest BCUT2D eigenvalue weighted by molar-refractivity contribution is 7.98. The molecule has 1 aromatic carbocycles. The van der Waals surface area contributed by atoms with Crippen LogP contribution in [0, 0.1) is 6.92 Å². The van der Waals surface area contributed by atoms with Gasteiger partial charge in [0.2, 0.25) is 5.95 Å². The van der Waals surface area contributed by atoms with Gasteiger partial charge in [0.1, 0.15) is 0 Å². The van der Waals surface area contributed by atoms with E-state index in [1.54, 1.807) is 23.1 Å². The maximum atomic E-state index is 5.51. The molecule has 3 aromatic rings. The van der Waals surface area contributed by atoms with E-state index >= 15 is 0 Å². The summed E-state index contributed by atoms with van der Waals surface area (Å²) in [6.07, 6.45) is 2.18. The van der Waals surface area contributed by atoms with E-state index in [0.717, 1.165) is 67.4 Å². The zero-order chi connectivity index (χ0) is 19.3. The topological polar surface area (TPSA) is 56.1 Å². The second-order valence-corrected chi connectivity index (χ2v) is 8.66. The molecular weight excluding hydrogens is 390 g/mol. The van der Waals surface area contributed by atoms with Crippen LogP contribution in [-0.2, 0) is 16.9 Å². The van der Waals surface area contributed by atoms with Crippen molar-refractivity contribution in [1.29, 1.82) is 0 Å². The number of ether oxygens (including phenoxy) is 1. The fourth-order valence-corrected chi connectivity index (χ4v) is 5.07. The van der Waals surface area contributed by atoms with Crippen LogP contribution in [0.4, 0.5) is 5.95 Å². The van der Waals surface area contributed by atoms with E-state index in [1.807, 2.05) is 0 Å². The molecule has 1 aliphatic rings. The highest BCUT2D eigenvalue weighted by Crippen LogP contribution is 2.30. The van der Waals surface area contributed by atoms with Gasteiger partial charge in [-0.05, 0) is 31.4 Å². The highest BCUT2D eigenvalue weighted by atomic mass is 32.2. The first kappa shape index (κ1) is 19.4. The Balaban J connectivity index is 1.62. The Labute approximate surface area is 174 Å². The molecule has 0 radical (unpaired) electrons. The molecule has 0 N–H and O–H groups in total. The van der Waals surface area contributed by atoms with E-state index in [9.17, 15) is 0 Å². The normalized spacial score (nSPS) is 14.6. The lowest BCUT2D eigenvalue weighted by Gasteiger charge is -2.28. The van der Waals surface area contributed by atoms with Crippen LogP contribution >= 0.6 is 23.1 Å². The smallest absolute Gasteiger partial charge is 0.232 e. The van der Waals surface area contributed by atoms with E-state index in [0.29, 0.717) is 0 Å². The third-order valence-corrected chi connectivity index (χ3v) is 6.60. The second-order valence-electron chi connectivity index (χ2n) is 6.78. The molecule has 0 spiro atoms. The first-order chi connectivity index (χ1) is 13.8.